The van der Waals surface area contributed by atoms with Crippen molar-refractivity contribution >= 4 is 11.7 Å². The molecule has 2 rings (SSSR count). The molecule has 100 valence electrons. The molecule has 1 saturated heterocycles. The quantitative estimate of drug-likeness (QED) is 0.832. The van der Waals surface area contributed by atoms with Crippen molar-refractivity contribution in [2.45, 2.75) is 6.04 Å². The van der Waals surface area contributed by atoms with Gasteiger partial charge in [-0.3, -0.25) is 0 Å². The lowest BCUT2D eigenvalue weighted by atomic mass is 10.2. The highest BCUT2D eigenvalue weighted by molar-refractivity contribution is 5.91. The number of nitriles is 1. The molecule has 19 heavy (non-hydrogen) atoms. The van der Waals surface area contributed by atoms with E-state index in [0.29, 0.717) is 31.1 Å². The molecule has 0 aromatic heterocycles. The van der Waals surface area contributed by atoms with Gasteiger partial charge in [-0.1, -0.05) is 12.1 Å². The van der Waals surface area contributed by atoms with Crippen molar-refractivity contribution in [3.05, 3.63) is 24.3 Å². The van der Waals surface area contributed by atoms with Gasteiger partial charge in [-0.2, -0.15) is 5.26 Å². The third-order valence-corrected chi connectivity index (χ3v) is 3.00. The van der Waals surface area contributed by atoms with E-state index in [0.717, 1.165) is 0 Å². The van der Waals surface area contributed by atoms with Gasteiger partial charge in [0.15, 0.2) is 0 Å². The summed E-state index contributed by atoms with van der Waals surface area (Å²) in [5.74, 6) is 0.597. The fraction of sp³-hybridized carbons (Fsp3) is 0.385. The van der Waals surface area contributed by atoms with Crippen LogP contribution in [0, 0.1) is 11.3 Å². The Kier molecular flexibility index (Phi) is 4.21. The molecule has 6 heteroatoms. The van der Waals surface area contributed by atoms with E-state index in [9.17, 15) is 4.79 Å². The van der Waals surface area contributed by atoms with Crippen molar-refractivity contribution in [3.63, 3.8) is 0 Å². The predicted molar refractivity (Wildman–Crippen MR) is 71.0 cm³/mol. The molecule has 1 aliphatic rings. The Labute approximate surface area is 112 Å². The Hall–Kier alpha value is -2.26. The number of nitrogens with zero attached hydrogens (tertiary/aromatic N) is 2. The standard InChI is InChI=1S/C13H16N4O2/c1-19-12-5-3-2-4-11(12)16-13(18)17-7-6-15-9-10(17)8-14/h2-5,10,15H,6-7,9H2,1H3,(H,16,18). The summed E-state index contributed by atoms with van der Waals surface area (Å²) in [6.45, 7) is 1.70. The molecule has 1 fully saturated rings. The van der Waals surface area contributed by atoms with Gasteiger partial charge >= 0.3 is 6.03 Å². The van der Waals surface area contributed by atoms with Gasteiger partial charge in [-0.15, -0.1) is 0 Å². The number of piperazine rings is 1. The number of rotatable bonds is 2. The highest BCUT2D eigenvalue weighted by Crippen LogP contribution is 2.23. The lowest BCUT2D eigenvalue weighted by Crippen LogP contribution is -2.54. The lowest BCUT2D eigenvalue weighted by molar-refractivity contribution is 0.188. The number of hydrogen-bond acceptors (Lipinski definition) is 4. The number of hydrogen-bond donors (Lipinski definition) is 2. The van der Waals surface area contributed by atoms with Gasteiger partial charge in [0.2, 0.25) is 0 Å². The first-order valence-electron chi connectivity index (χ1n) is 6.07. The Balaban J connectivity index is 2.10. The summed E-state index contributed by atoms with van der Waals surface area (Å²) in [5, 5.41) is 14.9. The van der Waals surface area contributed by atoms with Crippen LogP contribution in [-0.4, -0.2) is 43.7 Å². The van der Waals surface area contributed by atoms with Crippen molar-refractivity contribution in [1.82, 2.24) is 10.2 Å². The van der Waals surface area contributed by atoms with E-state index < -0.39 is 6.04 Å². The van der Waals surface area contributed by atoms with E-state index in [1.54, 1.807) is 19.2 Å². The van der Waals surface area contributed by atoms with Crippen LogP contribution in [0.3, 0.4) is 0 Å². The summed E-state index contributed by atoms with van der Waals surface area (Å²) in [5.41, 5.74) is 0.602. The van der Waals surface area contributed by atoms with Crippen LogP contribution in [0.25, 0.3) is 0 Å². The van der Waals surface area contributed by atoms with E-state index in [1.807, 2.05) is 12.1 Å². The molecular formula is C13H16N4O2. The number of benzene rings is 1. The van der Waals surface area contributed by atoms with Crippen LogP contribution in [0.5, 0.6) is 5.75 Å². The molecular weight excluding hydrogens is 244 g/mol. The van der Waals surface area contributed by atoms with Crippen LogP contribution in [-0.2, 0) is 0 Å². The Bertz CT molecular complexity index is 498. The predicted octanol–water partition coefficient (Wildman–Crippen LogP) is 1.02. The minimum Gasteiger partial charge on any atom is -0.495 e. The molecule has 1 aromatic rings. The molecule has 1 unspecified atom stereocenters. The van der Waals surface area contributed by atoms with Crippen LogP contribution < -0.4 is 15.4 Å². The molecule has 6 nitrogen and oxygen atoms in total. The number of methoxy groups -OCH3 is 1. The first-order chi connectivity index (χ1) is 9.26. The van der Waals surface area contributed by atoms with E-state index in [2.05, 4.69) is 16.7 Å². The minimum absolute atomic E-state index is 0.280. The molecule has 0 spiro atoms. The smallest absolute Gasteiger partial charge is 0.323 e. The molecule has 1 aliphatic heterocycles. The number of nitrogens with one attached hydrogen (secondary N) is 2. The van der Waals surface area contributed by atoms with E-state index in [-0.39, 0.29) is 6.03 Å². The summed E-state index contributed by atoms with van der Waals surface area (Å²) in [6, 6.07) is 8.58. The van der Waals surface area contributed by atoms with E-state index in [4.69, 9.17) is 10.00 Å². The van der Waals surface area contributed by atoms with Gasteiger partial charge in [0.05, 0.1) is 18.9 Å². The zero-order valence-electron chi connectivity index (χ0n) is 10.7. The molecule has 1 atom stereocenters. The maximum Gasteiger partial charge on any atom is 0.323 e. The molecule has 0 aliphatic carbocycles. The molecule has 0 radical (unpaired) electrons. The van der Waals surface area contributed by atoms with Crippen LogP contribution in [0.1, 0.15) is 0 Å². The number of anilines is 1. The average molecular weight is 260 g/mol. The van der Waals surface area contributed by atoms with Gasteiger partial charge in [0, 0.05) is 19.6 Å². The van der Waals surface area contributed by atoms with Crippen molar-refractivity contribution in [2.24, 2.45) is 0 Å². The molecule has 0 bridgehead atoms. The summed E-state index contributed by atoms with van der Waals surface area (Å²) < 4.78 is 5.18. The largest absolute Gasteiger partial charge is 0.495 e. The van der Waals surface area contributed by atoms with E-state index in [1.165, 1.54) is 4.90 Å². The second-order valence-electron chi connectivity index (χ2n) is 4.17. The Morgan fingerprint density at radius 2 is 2.37 bits per heavy atom. The van der Waals surface area contributed by atoms with Crippen LogP contribution in [0.2, 0.25) is 0 Å². The second-order valence-corrected chi connectivity index (χ2v) is 4.17. The number of amides is 2. The zero-order valence-corrected chi connectivity index (χ0v) is 10.7. The zero-order chi connectivity index (χ0) is 13.7. The third kappa shape index (κ3) is 2.95. The van der Waals surface area contributed by atoms with Crippen LogP contribution >= 0.6 is 0 Å². The molecule has 2 N–H and O–H groups in total. The fourth-order valence-electron chi connectivity index (χ4n) is 2.00. The molecule has 2 amide bonds. The lowest BCUT2D eigenvalue weighted by Gasteiger charge is -2.32. The maximum absolute atomic E-state index is 12.2. The van der Waals surface area contributed by atoms with Crippen molar-refractivity contribution in [3.8, 4) is 11.8 Å². The van der Waals surface area contributed by atoms with Gasteiger partial charge in [-0.25, -0.2) is 4.79 Å². The highest BCUT2D eigenvalue weighted by atomic mass is 16.5. The monoisotopic (exact) mass is 260 g/mol. The van der Waals surface area contributed by atoms with E-state index >= 15 is 0 Å². The average Bonchev–Trinajstić information content (AvgIpc) is 2.47. The summed E-state index contributed by atoms with van der Waals surface area (Å²) in [7, 11) is 1.55. The fourth-order valence-corrected chi connectivity index (χ4v) is 2.00. The minimum atomic E-state index is -0.441. The van der Waals surface area contributed by atoms with Gasteiger partial charge in [0.25, 0.3) is 0 Å². The number of para-hydroxylation sites is 2. The number of urea groups is 1. The van der Waals surface area contributed by atoms with Gasteiger partial charge < -0.3 is 20.3 Å². The SMILES string of the molecule is COc1ccccc1NC(=O)N1CCNCC1C#N. The Morgan fingerprint density at radius 1 is 1.58 bits per heavy atom. The second kappa shape index (κ2) is 6.07. The first-order valence-corrected chi connectivity index (χ1v) is 6.07. The summed E-state index contributed by atoms with van der Waals surface area (Å²) in [4.78, 5) is 13.7. The normalized spacial score (nSPS) is 18.5. The number of ether oxygens (including phenoxy) is 1. The van der Waals surface area contributed by atoms with Crippen molar-refractivity contribution in [1.29, 1.82) is 5.26 Å². The van der Waals surface area contributed by atoms with Gasteiger partial charge in [0.1, 0.15) is 11.8 Å². The maximum atomic E-state index is 12.2. The topological polar surface area (TPSA) is 77.4 Å². The third-order valence-electron chi connectivity index (χ3n) is 3.00. The van der Waals surface area contributed by atoms with Crippen molar-refractivity contribution in [2.75, 3.05) is 32.1 Å². The highest BCUT2D eigenvalue weighted by Gasteiger charge is 2.26. The molecule has 1 aromatic carbocycles. The number of carbonyl (C=O) groups is 1. The summed E-state index contributed by atoms with van der Waals surface area (Å²) >= 11 is 0. The molecule has 0 saturated carbocycles. The number of carbonyl (C=O) groups excluding carboxylic acids is 1. The molecule has 1 heterocycles. The van der Waals surface area contributed by atoms with Crippen molar-refractivity contribution < 1.29 is 9.53 Å². The van der Waals surface area contributed by atoms with Gasteiger partial charge in [-0.05, 0) is 12.1 Å². The van der Waals surface area contributed by atoms with Crippen LogP contribution in [0.15, 0.2) is 24.3 Å². The Morgan fingerprint density at radius 3 is 3.11 bits per heavy atom. The van der Waals surface area contributed by atoms with Crippen LogP contribution in [0.4, 0.5) is 10.5 Å². The first kappa shape index (κ1) is 13.2. The summed E-state index contributed by atoms with van der Waals surface area (Å²) in [6.07, 6.45) is 0.